The number of nitrogens with zero attached hydrogens (tertiary/aromatic N) is 3. The smallest absolute Gasteiger partial charge is 0.170 e. The number of nitrogens with two attached hydrogens (primary N) is 1. The SMILES string of the molecule is CC[C@@H](Nc1nc(-c2cccc3ncccc23)cnc1N)c1ccccc1. The van der Waals surface area contributed by atoms with Crippen LogP contribution in [0.15, 0.2) is 73.1 Å². The third kappa shape index (κ3) is 3.44. The molecule has 0 saturated carbocycles. The van der Waals surface area contributed by atoms with Gasteiger partial charge in [-0.2, -0.15) is 0 Å². The van der Waals surface area contributed by atoms with Gasteiger partial charge in [0.25, 0.3) is 0 Å². The van der Waals surface area contributed by atoms with Gasteiger partial charge in [0.15, 0.2) is 11.6 Å². The van der Waals surface area contributed by atoms with Gasteiger partial charge in [0.05, 0.1) is 23.4 Å². The van der Waals surface area contributed by atoms with Gasteiger partial charge in [-0.3, -0.25) is 4.98 Å². The fraction of sp³-hybridized carbons (Fsp3) is 0.136. The Morgan fingerprint density at radius 2 is 1.81 bits per heavy atom. The fourth-order valence-electron chi connectivity index (χ4n) is 3.23. The van der Waals surface area contributed by atoms with E-state index in [2.05, 4.69) is 34.3 Å². The van der Waals surface area contributed by atoms with E-state index in [4.69, 9.17) is 10.7 Å². The first-order valence-electron chi connectivity index (χ1n) is 9.04. The zero-order chi connectivity index (χ0) is 18.6. The highest BCUT2D eigenvalue weighted by Crippen LogP contribution is 2.29. The second-order valence-corrected chi connectivity index (χ2v) is 6.38. The normalized spacial score (nSPS) is 12.0. The Hall–Kier alpha value is -3.47. The van der Waals surface area contributed by atoms with E-state index in [9.17, 15) is 0 Å². The largest absolute Gasteiger partial charge is 0.381 e. The van der Waals surface area contributed by atoms with Crippen molar-refractivity contribution in [1.29, 1.82) is 0 Å². The average molecular weight is 355 g/mol. The van der Waals surface area contributed by atoms with Gasteiger partial charge < -0.3 is 11.1 Å². The summed E-state index contributed by atoms with van der Waals surface area (Å²) >= 11 is 0. The summed E-state index contributed by atoms with van der Waals surface area (Å²) in [5.74, 6) is 0.996. The standard InChI is InChI=1S/C22H21N5/c1-2-18(15-8-4-3-5-9-15)26-22-21(23)25-14-20(27-22)17-10-6-12-19-16(17)11-7-13-24-19/h3-14,18H,2H2,1H3,(H2,23,25)(H,26,27)/t18-/m1/s1. The van der Waals surface area contributed by atoms with Crippen molar-refractivity contribution in [3.8, 4) is 11.3 Å². The minimum Gasteiger partial charge on any atom is -0.381 e. The lowest BCUT2D eigenvalue weighted by Crippen LogP contribution is -2.13. The van der Waals surface area contributed by atoms with Crippen molar-refractivity contribution in [2.45, 2.75) is 19.4 Å². The number of hydrogen-bond donors (Lipinski definition) is 2. The minimum atomic E-state index is 0.118. The number of hydrogen-bond acceptors (Lipinski definition) is 5. The van der Waals surface area contributed by atoms with Crippen molar-refractivity contribution in [3.63, 3.8) is 0 Å². The first-order chi connectivity index (χ1) is 13.3. The first-order valence-corrected chi connectivity index (χ1v) is 9.04. The quantitative estimate of drug-likeness (QED) is 0.536. The maximum absolute atomic E-state index is 6.11. The van der Waals surface area contributed by atoms with Crippen LogP contribution in [0.5, 0.6) is 0 Å². The van der Waals surface area contributed by atoms with Crippen molar-refractivity contribution in [3.05, 3.63) is 78.6 Å². The van der Waals surface area contributed by atoms with Crippen LogP contribution in [0.2, 0.25) is 0 Å². The Morgan fingerprint density at radius 3 is 2.63 bits per heavy atom. The van der Waals surface area contributed by atoms with Crippen LogP contribution in [0.1, 0.15) is 24.9 Å². The molecular formula is C22H21N5. The van der Waals surface area contributed by atoms with Crippen LogP contribution < -0.4 is 11.1 Å². The monoisotopic (exact) mass is 355 g/mol. The maximum atomic E-state index is 6.11. The maximum Gasteiger partial charge on any atom is 0.170 e. The summed E-state index contributed by atoms with van der Waals surface area (Å²) in [6, 6.07) is 20.4. The number of benzene rings is 2. The van der Waals surface area contributed by atoms with Crippen LogP contribution in [-0.2, 0) is 0 Å². The van der Waals surface area contributed by atoms with Crippen molar-refractivity contribution in [2.75, 3.05) is 11.1 Å². The molecule has 0 aliphatic carbocycles. The number of fused-ring (bicyclic) bond motifs is 1. The van der Waals surface area contributed by atoms with Gasteiger partial charge >= 0.3 is 0 Å². The van der Waals surface area contributed by atoms with Crippen molar-refractivity contribution in [2.24, 2.45) is 0 Å². The Labute approximate surface area is 158 Å². The Balaban J connectivity index is 1.73. The van der Waals surface area contributed by atoms with Crippen molar-refractivity contribution in [1.82, 2.24) is 15.0 Å². The lowest BCUT2D eigenvalue weighted by molar-refractivity contribution is 0.744. The summed E-state index contributed by atoms with van der Waals surface area (Å²) in [5, 5.41) is 4.50. The molecule has 0 bridgehead atoms. The molecule has 0 aliphatic heterocycles. The molecule has 0 unspecified atom stereocenters. The molecule has 4 rings (SSSR count). The van der Waals surface area contributed by atoms with Gasteiger partial charge in [-0.25, -0.2) is 9.97 Å². The molecule has 5 nitrogen and oxygen atoms in total. The van der Waals surface area contributed by atoms with Gasteiger partial charge in [-0.05, 0) is 24.1 Å². The fourth-order valence-corrected chi connectivity index (χ4v) is 3.23. The molecule has 5 heteroatoms. The molecule has 2 aromatic heterocycles. The molecule has 1 atom stereocenters. The highest BCUT2D eigenvalue weighted by Gasteiger charge is 2.14. The molecule has 0 amide bonds. The van der Waals surface area contributed by atoms with Crippen molar-refractivity contribution < 1.29 is 0 Å². The Morgan fingerprint density at radius 1 is 0.963 bits per heavy atom. The molecular weight excluding hydrogens is 334 g/mol. The van der Waals surface area contributed by atoms with Gasteiger partial charge in [0.1, 0.15) is 0 Å². The molecule has 0 spiro atoms. The third-order valence-corrected chi connectivity index (χ3v) is 4.64. The number of nitrogens with one attached hydrogen (secondary N) is 1. The van der Waals surface area contributed by atoms with Crippen LogP contribution in [0.3, 0.4) is 0 Å². The van der Waals surface area contributed by atoms with Crippen LogP contribution in [0.4, 0.5) is 11.6 Å². The van der Waals surface area contributed by atoms with Crippen molar-refractivity contribution >= 4 is 22.5 Å². The van der Waals surface area contributed by atoms with E-state index in [1.807, 2.05) is 48.5 Å². The van der Waals surface area contributed by atoms with E-state index in [-0.39, 0.29) is 6.04 Å². The second-order valence-electron chi connectivity index (χ2n) is 6.38. The second kappa shape index (κ2) is 7.41. The van der Waals surface area contributed by atoms with Gasteiger partial charge in [0, 0.05) is 17.1 Å². The number of anilines is 2. The summed E-state index contributed by atoms with van der Waals surface area (Å²) in [5.41, 5.74) is 10.00. The predicted molar refractivity (Wildman–Crippen MR) is 110 cm³/mol. The number of aromatic nitrogens is 3. The Bertz CT molecular complexity index is 1060. The van der Waals surface area contributed by atoms with Crippen LogP contribution in [-0.4, -0.2) is 15.0 Å². The highest BCUT2D eigenvalue weighted by molar-refractivity contribution is 5.93. The Kier molecular flexibility index (Phi) is 4.66. The van der Waals surface area contributed by atoms with Crippen LogP contribution >= 0.6 is 0 Å². The van der Waals surface area contributed by atoms with E-state index in [1.165, 1.54) is 5.56 Å². The lowest BCUT2D eigenvalue weighted by atomic mass is 10.0. The summed E-state index contributed by atoms with van der Waals surface area (Å²) in [6.45, 7) is 2.13. The lowest BCUT2D eigenvalue weighted by Gasteiger charge is -2.19. The van der Waals surface area contributed by atoms with Crippen LogP contribution in [0, 0.1) is 0 Å². The van der Waals surface area contributed by atoms with E-state index < -0.39 is 0 Å². The van der Waals surface area contributed by atoms with Crippen LogP contribution in [0.25, 0.3) is 22.2 Å². The predicted octanol–water partition coefficient (Wildman–Crippen LogP) is 4.84. The zero-order valence-electron chi connectivity index (χ0n) is 15.1. The molecule has 0 fully saturated rings. The number of nitrogen functional groups attached to an aromatic ring is 1. The zero-order valence-corrected chi connectivity index (χ0v) is 15.1. The van der Waals surface area contributed by atoms with Gasteiger partial charge in [-0.1, -0.05) is 55.5 Å². The molecule has 0 aliphatic rings. The third-order valence-electron chi connectivity index (χ3n) is 4.64. The summed E-state index contributed by atoms with van der Waals surface area (Å²) in [4.78, 5) is 13.6. The molecule has 0 radical (unpaired) electrons. The molecule has 2 aromatic carbocycles. The van der Waals surface area contributed by atoms with Gasteiger partial charge in [-0.15, -0.1) is 0 Å². The topological polar surface area (TPSA) is 76.7 Å². The average Bonchev–Trinajstić information content (AvgIpc) is 2.73. The summed E-state index contributed by atoms with van der Waals surface area (Å²) < 4.78 is 0. The van der Waals surface area contributed by atoms with E-state index in [0.717, 1.165) is 28.6 Å². The molecule has 134 valence electrons. The van der Waals surface area contributed by atoms with Gasteiger partial charge in [0.2, 0.25) is 0 Å². The molecule has 0 saturated heterocycles. The minimum absolute atomic E-state index is 0.118. The highest BCUT2D eigenvalue weighted by atomic mass is 15.1. The molecule has 2 heterocycles. The van der Waals surface area contributed by atoms with E-state index in [1.54, 1.807) is 12.4 Å². The summed E-state index contributed by atoms with van der Waals surface area (Å²) in [7, 11) is 0. The molecule has 4 aromatic rings. The first kappa shape index (κ1) is 17.0. The molecule has 27 heavy (non-hydrogen) atoms. The van der Waals surface area contributed by atoms with E-state index in [0.29, 0.717) is 11.6 Å². The number of pyridine rings is 1. The van der Waals surface area contributed by atoms with E-state index >= 15 is 0 Å². The molecule has 3 N–H and O–H groups in total. The summed E-state index contributed by atoms with van der Waals surface area (Å²) in [6.07, 6.45) is 4.42. The number of rotatable bonds is 5.